The van der Waals surface area contributed by atoms with Crippen molar-refractivity contribution in [3.05, 3.63) is 46.5 Å². The van der Waals surface area contributed by atoms with Crippen molar-refractivity contribution in [2.45, 2.75) is 76.0 Å². The van der Waals surface area contributed by atoms with Crippen molar-refractivity contribution < 1.29 is 10.2 Å². The molecule has 2 aromatic carbocycles. The summed E-state index contributed by atoms with van der Waals surface area (Å²) in [6.07, 6.45) is 0. The van der Waals surface area contributed by atoms with Crippen molar-refractivity contribution in [3.63, 3.8) is 0 Å². The zero-order valence-electron chi connectivity index (χ0n) is 16.6. The fraction of sp³-hybridized carbons (Fsp3) is 0.455. The van der Waals surface area contributed by atoms with E-state index in [9.17, 15) is 10.2 Å². The van der Waals surface area contributed by atoms with Gasteiger partial charge in [-0.05, 0) is 71.2 Å². The Balaban J connectivity index is 2.51. The van der Waals surface area contributed by atoms with Crippen LogP contribution in [0.1, 0.15) is 63.8 Å². The lowest BCUT2D eigenvalue weighted by molar-refractivity contribution is 0.463. The van der Waals surface area contributed by atoms with Crippen LogP contribution in [0.2, 0.25) is 0 Å². The van der Waals surface area contributed by atoms with E-state index < -0.39 is 0 Å². The van der Waals surface area contributed by atoms with Gasteiger partial charge in [-0.25, -0.2) is 0 Å². The minimum absolute atomic E-state index is 0.0376. The second-order valence-electron chi connectivity index (χ2n) is 8.83. The van der Waals surface area contributed by atoms with Crippen LogP contribution in [0.25, 0.3) is 0 Å². The van der Waals surface area contributed by atoms with E-state index in [-0.39, 0.29) is 10.8 Å². The molecule has 0 spiro atoms. The molecule has 2 nitrogen and oxygen atoms in total. The zero-order chi connectivity index (χ0) is 19.2. The number of benzene rings is 2. The standard InChI is InChI=1S/C22H30O2S/c1-13-17(21(3,4)5)9-15(11-19(13)23)25-16-10-18(22(6,7)8)14(2)20(24)12-16/h9-12,23-24H,1-8H3. The summed E-state index contributed by atoms with van der Waals surface area (Å²) in [5.74, 6) is 0.643. The normalized spacial score (nSPS) is 12.5. The molecule has 0 aliphatic carbocycles. The van der Waals surface area contributed by atoms with Gasteiger partial charge in [-0.15, -0.1) is 0 Å². The summed E-state index contributed by atoms with van der Waals surface area (Å²) in [6.45, 7) is 16.8. The molecule has 25 heavy (non-hydrogen) atoms. The summed E-state index contributed by atoms with van der Waals surface area (Å²) in [5, 5.41) is 20.7. The van der Waals surface area contributed by atoms with E-state index in [0.29, 0.717) is 11.5 Å². The summed E-state index contributed by atoms with van der Waals surface area (Å²) in [5.41, 5.74) is 4.07. The smallest absolute Gasteiger partial charge is 0.119 e. The van der Waals surface area contributed by atoms with Gasteiger partial charge in [0.15, 0.2) is 0 Å². The number of hydrogen-bond donors (Lipinski definition) is 2. The monoisotopic (exact) mass is 358 g/mol. The maximum absolute atomic E-state index is 10.3. The fourth-order valence-electron chi connectivity index (χ4n) is 3.16. The molecular formula is C22H30O2S. The van der Waals surface area contributed by atoms with Gasteiger partial charge >= 0.3 is 0 Å². The van der Waals surface area contributed by atoms with Crippen molar-refractivity contribution in [3.8, 4) is 11.5 Å². The second-order valence-corrected chi connectivity index (χ2v) is 9.98. The molecular weight excluding hydrogens is 328 g/mol. The first-order valence-corrected chi connectivity index (χ1v) is 9.48. The molecule has 0 bridgehead atoms. The van der Waals surface area contributed by atoms with E-state index in [1.165, 1.54) is 0 Å². The minimum atomic E-state index is -0.0376. The maximum atomic E-state index is 10.3. The van der Waals surface area contributed by atoms with Gasteiger partial charge in [-0.1, -0.05) is 53.3 Å². The van der Waals surface area contributed by atoms with Crippen molar-refractivity contribution in [2.24, 2.45) is 0 Å². The van der Waals surface area contributed by atoms with E-state index in [4.69, 9.17) is 0 Å². The molecule has 0 saturated carbocycles. The molecule has 0 radical (unpaired) electrons. The minimum Gasteiger partial charge on any atom is -0.508 e. The largest absolute Gasteiger partial charge is 0.508 e. The molecule has 2 N–H and O–H groups in total. The van der Waals surface area contributed by atoms with Crippen molar-refractivity contribution >= 4 is 11.8 Å². The maximum Gasteiger partial charge on any atom is 0.119 e. The summed E-state index contributed by atoms with van der Waals surface area (Å²) in [6, 6.07) is 7.91. The van der Waals surface area contributed by atoms with E-state index >= 15 is 0 Å². The quantitative estimate of drug-likeness (QED) is 0.647. The Morgan fingerprint density at radius 2 is 0.960 bits per heavy atom. The molecule has 0 amide bonds. The van der Waals surface area contributed by atoms with E-state index in [1.807, 2.05) is 26.0 Å². The third kappa shape index (κ3) is 4.33. The van der Waals surface area contributed by atoms with Gasteiger partial charge in [0.2, 0.25) is 0 Å². The highest BCUT2D eigenvalue weighted by molar-refractivity contribution is 7.99. The van der Waals surface area contributed by atoms with Crippen LogP contribution in [-0.4, -0.2) is 10.2 Å². The molecule has 3 heteroatoms. The van der Waals surface area contributed by atoms with Crippen LogP contribution < -0.4 is 0 Å². The first-order valence-electron chi connectivity index (χ1n) is 8.66. The molecule has 136 valence electrons. The molecule has 0 fully saturated rings. The van der Waals surface area contributed by atoms with Crippen LogP contribution in [0.15, 0.2) is 34.1 Å². The Morgan fingerprint density at radius 3 is 1.24 bits per heavy atom. The van der Waals surface area contributed by atoms with Gasteiger partial charge < -0.3 is 10.2 Å². The van der Waals surface area contributed by atoms with E-state index in [1.54, 1.807) is 11.8 Å². The van der Waals surface area contributed by atoms with Crippen molar-refractivity contribution in [2.75, 3.05) is 0 Å². The highest BCUT2D eigenvalue weighted by Crippen LogP contribution is 2.41. The number of phenolic OH excluding ortho intramolecular Hbond substituents is 2. The topological polar surface area (TPSA) is 40.5 Å². The lowest BCUT2D eigenvalue weighted by Gasteiger charge is -2.24. The van der Waals surface area contributed by atoms with Crippen LogP contribution in [0, 0.1) is 13.8 Å². The lowest BCUT2D eigenvalue weighted by atomic mass is 9.84. The molecule has 0 heterocycles. The summed E-state index contributed by atoms with van der Waals surface area (Å²) in [7, 11) is 0. The number of rotatable bonds is 2. The van der Waals surface area contributed by atoms with Gasteiger partial charge in [0.05, 0.1) is 0 Å². The Morgan fingerprint density at radius 1 is 0.640 bits per heavy atom. The number of aromatic hydroxyl groups is 2. The van der Waals surface area contributed by atoms with E-state index in [2.05, 4.69) is 53.7 Å². The van der Waals surface area contributed by atoms with Gasteiger partial charge in [0.25, 0.3) is 0 Å². The summed E-state index contributed by atoms with van der Waals surface area (Å²) < 4.78 is 0. The van der Waals surface area contributed by atoms with E-state index in [0.717, 1.165) is 32.0 Å². The Kier molecular flexibility index (Phi) is 5.21. The van der Waals surface area contributed by atoms with Crippen molar-refractivity contribution in [1.29, 1.82) is 0 Å². The van der Waals surface area contributed by atoms with Gasteiger partial charge in [-0.3, -0.25) is 0 Å². The highest BCUT2D eigenvalue weighted by Gasteiger charge is 2.21. The van der Waals surface area contributed by atoms with Gasteiger partial charge in [-0.2, -0.15) is 0 Å². The number of phenols is 2. The van der Waals surface area contributed by atoms with Crippen LogP contribution >= 0.6 is 11.8 Å². The lowest BCUT2D eigenvalue weighted by Crippen LogP contribution is -2.13. The Bertz CT molecular complexity index is 726. The molecule has 0 aromatic heterocycles. The van der Waals surface area contributed by atoms with Crippen LogP contribution in [0.5, 0.6) is 11.5 Å². The predicted molar refractivity (Wildman–Crippen MR) is 107 cm³/mol. The molecule has 0 aliphatic rings. The highest BCUT2D eigenvalue weighted by atomic mass is 32.2. The molecule has 0 atom stereocenters. The zero-order valence-corrected chi connectivity index (χ0v) is 17.4. The predicted octanol–water partition coefficient (Wildman–Crippen LogP) is 6.46. The summed E-state index contributed by atoms with van der Waals surface area (Å²) in [4.78, 5) is 1.97. The van der Waals surface area contributed by atoms with Crippen LogP contribution in [0.3, 0.4) is 0 Å². The third-order valence-corrected chi connectivity index (χ3v) is 5.50. The molecule has 0 unspecified atom stereocenters. The average Bonchev–Trinajstić information content (AvgIpc) is 2.43. The molecule has 2 aromatic rings. The van der Waals surface area contributed by atoms with Gasteiger partial charge in [0.1, 0.15) is 11.5 Å². The first-order chi connectivity index (χ1) is 11.3. The Hall–Kier alpha value is -1.61. The first kappa shape index (κ1) is 19.7. The number of hydrogen-bond acceptors (Lipinski definition) is 3. The fourth-order valence-corrected chi connectivity index (χ4v) is 4.13. The SMILES string of the molecule is Cc1c(O)cc(Sc2cc(O)c(C)c(C(C)(C)C)c2)cc1C(C)(C)C. The van der Waals surface area contributed by atoms with Crippen LogP contribution in [-0.2, 0) is 10.8 Å². The Labute approximate surface area is 156 Å². The molecule has 0 saturated heterocycles. The van der Waals surface area contributed by atoms with Gasteiger partial charge in [0, 0.05) is 9.79 Å². The van der Waals surface area contributed by atoms with Crippen LogP contribution in [0.4, 0.5) is 0 Å². The third-order valence-electron chi connectivity index (χ3n) is 4.56. The summed E-state index contributed by atoms with van der Waals surface area (Å²) >= 11 is 1.57. The molecule has 0 aliphatic heterocycles. The second kappa shape index (κ2) is 6.60. The van der Waals surface area contributed by atoms with Crippen molar-refractivity contribution in [1.82, 2.24) is 0 Å². The molecule has 2 rings (SSSR count). The average molecular weight is 359 g/mol.